The molecule has 0 unspecified atom stereocenters. The average molecular weight is 408 g/mol. The highest BCUT2D eigenvalue weighted by Gasteiger charge is 2.54. The minimum atomic E-state index is -0.381. The van der Waals surface area contributed by atoms with Crippen LogP contribution in [-0.2, 0) is 11.2 Å². The molecule has 5 rings (SSSR count). The molecular formula is C22H21FN4O3. The van der Waals surface area contributed by atoms with Crippen LogP contribution in [0.1, 0.15) is 32.1 Å². The predicted octanol–water partition coefficient (Wildman–Crippen LogP) is 2.03. The number of carbonyl (C=O) groups excluding carboxylic acids is 2. The molecule has 2 aliphatic rings. The first-order valence-corrected chi connectivity index (χ1v) is 9.91. The number of fused-ring (bicyclic) bond motifs is 2. The monoisotopic (exact) mass is 408 g/mol. The van der Waals surface area contributed by atoms with Gasteiger partial charge in [-0.3, -0.25) is 9.59 Å². The van der Waals surface area contributed by atoms with Crippen molar-refractivity contribution in [3.63, 3.8) is 0 Å². The van der Waals surface area contributed by atoms with Gasteiger partial charge in [0, 0.05) is 59.7 Å². The fraction of sp³-hybridized carbons (Fsp3) is 0.318. The van der Waals surface area contributed by atoms with E-state index in [0.717, 1.165) is 5.56 Å². The number of nitrogens with one attached hydrogen (secondary N) is 3. The van der Waals surface area contributed by atoms with Crippen molar-refractivity contribution in [3.05, 3.63) is 64.9 Å². The molecule has 154 valence electrons. The van der Waals surface area contributed by atoms with Crippen molar-refractivity contribution in [2.45, 2.75) is 12.5 Å². The van der Waals surface area contributed by atoms with Crippen LogP contribution in [0.15, 0.2) is 36.5 Å². The Morgan fingerprint density at radius 1 is 1.23 bits per heavy atom. The Morgan fingerprint density at radius 2 is 2.03 bits per heavy atom. The standard InChI is InChI=1S/C22H21FN4O3/c1-24-22(29)18-7-12(21(28)27-20-14-9-30-10-15(14)20)6-13(26-18)5-11-3-2-4-17-19(11)16(23)8-25-17/h2-4,6-8,14-15,20,25H,5,9-10H2,1H3,(H,24,29)(H,27,28)/t14-,15+,20+. The van der Waals surface area contributed by atoms with Crippen LogP contribution in [-0.4, -0.2) is 48.1 Å². The Morgan fingerprint density at radius 3 is 2.80 bits per heavy atom. The van der Waals surface area contributed by atoms with Crippen LogP contribution in [0, 0.1) is 17.7 Å². The summed E-state index contributed by atoms with van der Waals surface area (Å²) in [4.78, 5) is 32.4. The third kappa shape index (κ3) is 3.23. The molecule has 2 fully saturated rings. The van der Waals surface area contributed by atoms with Crippen molar-refractivity contribution in [2.24, 2.45) is 11.8 Å². The number of H-pyrrole nitrogens is 1. The highest BCUT2D eigenvalue weighted by molar-refractivity contribution is 5.99. The minimum Gasteiger partial charge on any atom is -0.381 e. The van der Waals surface area contributed by atoms with Crippen LogP contribution in [0.25, 0.3) is 10.9 Å². The van der Waals surface area contributed by atoms with Crippen molar-refractivity contribution in [1.29, 1.82) is 0 Å². The highest BCUT2D eigenvalue weighted by atomic mass is 19.1. The van der Waals surface area contributed by atoms with E-state index in [2.05, 4.69) is 20.6 Å². The number of hydrogen-bond acceptors (Lipinski definition) is 4. The van der Waals surface area contributed by atoms with E-state index in [4.69, 9.17) is 4.74 Å². The van der Waals surface area contributed by atoms with Crippen molar-refractivity contribution in [2.75, 3.05) is 20.3 Å². The summed E-state index contributed by atoms with van der Waals surface area (Å²) >= 11 is 0. The lowest BCUT2D eigenvalue weighted by Gasteiger charge is -2.11. The van der Waals surface area contributed by atoms with Crippen LogP contribution in [0.2, 0.25) is 0 Å². The molecule has 1 aromatic carbocycles. The Labute approximate surface area is 172 Å². The molecule has 1 aliphatic heterocycles. The Kier molecular flexibility index (Phi) is 4.51. The lowest BCUT2D eigenvalue weighted by Crippen LogP contribution is -2.30. The first-order chi connectivity index (χ1) is 14.5. The molecule has 3 heterocycles. The molecule has 1 saturated carbocycles. The summed E-state index contributed by atoms with van der Waals surface area (Å²) in [6.45, 7) is 1.35. The van der Waals surface area contributed by atoms with E-state index in [1.807, 2.05) is 12.1 Å². The molecule has 0 radical (unpaired) electrons. The van der Waals surface area contributed by atoms with Gasteiger partial charge in [-0.05, 0) is 23.8 Å². The molecule has 30 heavy (non-hydrogen) atoms. The predicted molar refractivity (Wildman–Crippen MR) is 108 cm³/mol. The van der Waals surface area contributed by atoms with Gasteiger partial charge in [0.1, 0.15) is 11.5 Å². The molecule has 3 N–H and O–H groups in total. The molecule has 2 aromatic heterocycles. The van der Waals surface area contributed by atoms with Crippen molar-refractivity contribution >= 4 is 22.7 Å². The quantitative estimate of drug-likeness (QED) is 0.602. The number of rotatable bonds is 5. The summed E-state index contributed by atoms with van der Waals surface area (Å²) in [6.07, 6.45) is 1.61. The molecular weight excluding hydrogens is 387 g/mol. The van der Waals surface area contributed by atoms with Gasteiger partial charge in [-0.15, -0.1) is 0 Å². The Hall–Kier alpha value is -3.26. The Balaban J connectivity index is 1.46. The number of hydrogen-bond donors (Lipinski definition) is 3. The fourth-order valence-corrected chi connectivity index (χ4v) is 4.30. The average Bonchev–Trinajstić information content (AvgIpc) is 3.10. The van der Waals surface area contributed by atoms with Crippen molar-refractivity contribution in [1.82, 2.24) is 20.6 Å². The van der Waals surface area contributed by atoms with Crippen LogP contribution in [0.4, 0.5) is 4.39 Å². The lowest BCUT2D eigenvalue weighted by atomic mass is 10.0. The zero-order valence-electron chi connectivity index (χ0n) is 16.4. The summed E-state index contributed by atoms with van der Waals surface area (Å²) in [5, 5.41) is 6.07. The topological polar surface area (TPSA) is 96.1 Å². The number of carbonyl (C=O) groups is 2. The number of aromatic nitrogens is 2. The van der Waals surface area contributed by atoms with E-state index in [0.29, 0.717) is 53.6 Å². The number of pyridine rings is 1. The summed E-state index contributed by atoms with van der Waals surface area (Å²) < 4.78 is 19.6. The smallest absolute Gasteiger partial charge is 0.269 e. The van der Waals surface area contributed by atoms with Gasteiger partial charge in [-0.2, -0.15) is 0 Å². The zero-order chi connectivity index (χ0) is 20.8. The van der Waals surface area contributed by atoms with Gasteiger partial charge in [0.25, 0.3) is 11.8 Å². The maximum Gasteiger partial charge on any atom is 0.269 e. The molecule has 0 bridgehead atoms. The number of halogens is 1. The normalized spacial score (nSPS) is 22.0. The summed E-state index contributed by atoms with van der Waals surface area (Å²) in [6, 6.07) is 8.72. The summed E-state index contributed by atoms with van der Waals surface area (Å²) in [7, 11) is 1.51. The third-order valence-electron chi connectivity index (χ3n) is 5.97. The van der Waals surface area contributed by atoms with Crippen LogP contribution >= 0.6 is 0 Å². The number of ether oxygens (including phenoxy) is 1. The molecule has 2 amide bonds. The van der Waals surface area contributed by atoms with Gasteiger partial charge in [0.2, 0.25) is 0 Å². The second-order valence-electron chi connectivity index (χ2n) is 7.83. The van der Waals surface area contributed by atoms with Gasteiger partial charge in [-0.1, -0.05) is 12.1 Å². The maximum atomic E-state index is 14.3. The van der Waals surface area contributed by atoms with E-state index in [1.54, 1.807) is 12.1 Å². The molecule has 1 aliphatic carbocycles. The van der Waals surface area contributed by atoms with E-state index < -0.39 is 0 Å². The first-order valence-electron chi connectivity index (χ1n) is 9.91. The lowest BCUT2D eigenvalue weighted by molar-refractivity contribution is 0.0928. The van der Waals surface area contributed by atoms with Crippen molar-refractivity contribution in [3.8, 4) is 0 Å². The molecule has 1 saturated heterocycles. The van der Waals surface area contributed by atoms with E-state index >= 15 is 0 Å². The van der Waals surface area contributed by atoms with Gasteiger partial charge in [-0.25, -0.2) is 9.37 Å². The first kappa shape index (κ1) is 18.7. The molecule has 0 spiro atoms. The molecule has 3 atom stereocenters. The van der Waals surface area contributed by atoms with E-state index in [9.17, 15) is 14.0 Å². The number of nitrogens with zero attached hydrogens (tertiary/aromatic N) is 1. The minimum absolute atomic E-state index is 0.119. The van der Waals surface area contributed by atoms with Gasteiger partial charge >= 0.3 is 0 Å². The summed E-state index contributed by atoms with van der Waals surface area (Å²) in [5.41, 5.74) is 2.46. The van der Waals surface area contributed by atoms with Gasteiger partial charge < -0.3 is 20.4 Å². The van der Waals surface area contributed by atoms with Crippen LogP contribution in [0.3, 0.4) is 0 Å². The van der Waals surface area contributed by atoms with Gasteiger partial charge in [0.15, 0.2) is 0 Å². The van der Waals surface area contributed by atoms with Gasteiger partial charge in [0.05, 0.1) is 13.2 Å². The second kappa shape index (κ2) is 7.21. The molecule has 7 nitrogen and oxygen atoms in total. The zero-order valence-corrected chi connectivity index (χ0v) is 16.4. The van der Waals surface area contributed by atoms with E-state index in [1.165, 1.54) is 19.3 Å². The highest BCUT2D eigenvalue weighted by Crippen LogP contribution is 2.44. The van der Waals surface area contributed by atoms with Crippen LogP contribution in [0.5, 0.6) is 0 Å². The van der Waals surface area contributed by atoms with Crippen LogP contribution < -0.4 is 10.6 Å². The largest absolute Gasteiger partial charge is 0.381 e. The third-order valence-corrected chi connectivity index (χ3v) is 5.97. The Bertz CT molecular complexity index is 1150. The SMILES string of the molecule is CNC(=O)c1cc(C(=O)N[C@H]2[C@@H]3COC[C@@H]32)cc(Cc2cccc3[nH]cc(F)c23)n1. The maximum absolute atomic E-state index is 14.3. The number of benzene rings is 1. The number of aromatic amines is 1. The number of amides is 2. The second-order valence-corrected chi connectivity index (χ2v) is 7.83. The van der Waals surface area contributed by atoms with E-state index in [-0.39, 0.29) is 29.4 Å². The van der Waals surface area contributed by atoms with Crippen molar-refractivity contribution < 1.29 is 18.7 Å². The fourth-order valence-electron chi connectivity index (χ4n) is 4.30. The molecule has 8 heteroatoms. The molecule has 3 aromatic rings. The summed E-state index contributed by atoms with van der Waals surface area (Å²) in [5.74, 6) is -0.211.